The van der Waals surface area contributed by atoms with Crippen molar-refractivity contribution in [2.45, 2.75) is 45.4 Å². The largest absolute Gasteiger partial charge is 0.494 e. The first kappa shape index (κ1) is 10.4. The molecule has 0 aliphatic heterocycles. The minimum Gasteiger partial charge on any atom is -0.494 e. The molecule has 0 fully saturated rings. The van der Waals surface area contributed by atoms with Crippen molar-refractivity contribution in [2.24, 2.45) is 0 Å². The quantitative estimate of drug-likeness (QED) is 0.565. The second kappa shape index (κ2) is 6.76. The first-order chi connectivity index (χ1) is 6.43. The summed E-state index contributed by atoms with van der Waals surface area (Å²) < 4.78 is 5.60. The monoisotopic (exact) mass is 180 g/mol. The highest BCUT2D eigenvalue weighted by molar-refractivity contribution is 5.15. The molecule has 0 aromatic carbocycles. The van der Waals surface area contributed by atoms with Crippen molar-refractivity contribution in [3.05, 3.63) is 24.0 Å². The highest BCUT2D eigenvalue weighted by atomic mass is 16.5. The SMILES string of the molecule is CCCCCCOC1=CCCC=C1. The third kappa shape index (κ3) is 4.76. The van der Waals surface area contributed by atoms with Crippen LogP contribution in [0, 0.1) is 0 Å². The summed E-state index contributed by atoms with van der Waals surface area (Å²) in [6.45, 7) is 3.11. The number of hydrogen-bond acceptors (Lipinski definition) is 1. The Kier molecular flexibility index (Phi) is 5.39. The van der Waals surface area contributed by atoms with Gasteiger partial charge in [-0.2, -0.15) is 0 Å². The highest BCUT2D eigenvalue weighted by Gasteiger charge is 1.97. The van der Waals surface area contributed by atoms with Gasteiger partial charge < -0.3 is 4.74 Å². The summed E-state index contributed by atoms with van der Waals surface area (Å²) in [6, 6.07) is 0. The predicted molar refractivity (Wildman–Crippen MR) is 56.6 cm³/mol. The molecule has 74 valence electrons. The van der Waals surface area contributed by atoms with Crippen molar-refractivity contribution in [1.82, 2.24) is 0 Å². The van der Waals surface area contributed by atoms with Gasteiger partial charge >= 0.3 is 0 Å². The Morgan fingerprint density at radius 2 is 2.15 bits per heavy atom. The van der Waals surface area contributed by atoms with Crippen molar-refractivity contribution < 1.29 is 4.74 Å². The number of rotatable bonds is 6. The van der Waals surface area contributed by atoms with Gasteiger partial charge in [0.1, 0.15) is 5.76 Å². The molecule has 1 aliphatic rings. The molecule has 1 nitrogen and oxygen atoms in total. The van der Waals surface area contributed by atoms with E-state index in [9.17, 15) is 0 Å². The molecule has 0 bridgehead atoms. The summed E-state index contributed by atoms with van der Waals surface area (Å²) in [7, 11) is 0. The molecule has 0 unspecified atom stereocenters. The number of hydrogen-bond donors (Lipinski definition) is 0. The van der Waals surface area contributed by atoms with E-state index in [0.29, 0.717) is 0 Å². The van der Waals surface area contributed by atoms with Crippen LogP contribution >= 0.6 is 0 Å². The molecule has 0 spiro atoms. The molecule has 0 saturated heterocycles. The third-order valence-electron chi connectivity index (χ3n) is 2.23. The van der Waals surface area contributed by atoms with Gasteiger partial charge in [0.2, 0.25) is 0 Å². The lowest BCUT2D eigenvalue weighted by atomic mass is 10.2. The first-order valence-electron chi connectivity index (χ1n) is 5.43. The molecular formula is C12H20O. The van der Waals surface area contributed by atoms with Crippen LogP contribution in [-0.4, -0.2) is 6.61 Å². The van der Waals surface area contributed by atoms with Gasteiger partial charge in [-0.25, -0.2) is 0 Å². The lowest BCUT2D eigenvalue weighted by molar-refractivity contribution is 0.215. The van der Waals surface area contributed by atoms with E-state index in [4.69, 9.17) is 4.74 Å². The zero-order chi connectivity index (χ0) is 9.36. The van der Waals surface area contributed by atoms with E-state index in [2.05, 4.69) is 25.2 Å². The topological polar surface area (TPSA) is 9.23 Å². The standard InChI is InChI=1S/C12H20O/c1-2-3-4-8-11-13-12-9-6-5-7-10-12/h6,9-10H,2-5,7-8,11H2,1H3. The van der Waals surface area contributed by atoms with Crippen LogP contribution in [0.4, 0.5) is 0 Å². The van der Waals surface area contributed by atoms with E-state index in [1.54, 1.807) is 0 Å². The highest BCUT2D eigenvalue weighted by Crippen LogP contribution is 2.11. The van der Waals surface area contributed by atoms with Crippen LogP contribution in [-0.2, 0) is 4.74 Å². The Morgan fingerprint density at radius 1 is 1.23 bits per heavy atom. The van der Waals surface area contributed by atoms with Crippen molar-refractivity contribution in [2.75, 3.05) is 6.61 Å². The van der Waals surface area contributed by atoms with E-state index in [1.807, 2.05) is 0 Å². The molecule has 0 heterocycles. The first-order valence-corrected chi connectivity index (χ1v) is 5.43. The molecule has 0 amide bonds. The van der Waals surface area contributed by atoms with Crippen molar-refractivity contribution in [3.63, 3.8) is 0 Å². The normalized spacial score (nSPS) is 15.6. The summed E-state index contributed by atoms with van der Waals surface area (Å²) >= 11 is 0. The number of unbranched alkanes of at least 4 members (excludes halogenated alkanes) is 3. The zero-order valence-electron chi connectivity index (χ0n) is 8.59. The minimum atomic E-state index is 0.885. The van der Waals surface area contributed by atoms with E-state index >= 15 is 0 Å². The Balaban J connectivity index is 1.99. The molecule has 1 aliphatic carbocycles. The van der Waals surface area contributed by atoms with Gasteiger partial charge in [0, 0.05) is 0 Å². The maximum Gasteiger partial charge on any atom is 0.114 e. The van der Waals surface area contributed by atoms with Crippen molar-refractivity contribution in [1.29, 1.82) is 0 Å². The summed E-state index contributed by atoms with van der Waals surface area (Å²) in [5.41, 5.74) is 0. The fourth-order valence-corrected chi connectivity index (χ4v) is 1.42. The lowest BCUT2D eigenvalue weighted by Gasteiger charge is -2.09. The van der Waals surface area contributed by atoms with E-state index in [-0.39, 0.29) is 0 Å². The molecule has 1 heteroatoms. The van der Waals surface area contributed by atoms with Crippen molar-refractivity contribution >= 4 is 0 Å². The molecule has 0 saturated carbocycles. The summed E-state index contributed by atoms with van der Waals surface area (Å²) in [6.07, 6.45) is 13.9. The second-order valence-corrected chi connectivity index (χ2v) is 3.50. The summed E-state index contributed by atoms with van der Waals surface area (Å²) in [5, 5.41) is 0. The van der Waals surface area contributed by atoms with Gasteiger partial charge in [0.25, 0.3) is 0 Å². The average molecular weight is 180 g/mol. The number of ether oxygens (including phenoxy) is 1. The predicted octanol–water partition coefficient (Wildman–Crippen LogP) is 3.82. The Morgan fingerprint density at radius 3 is 2.85 bits per heavy atom. The molecule has 0 aromatic heterocycles. The molecule has 0 aromatic rings. The van der Waals surface area contributed by atoms with Crippen LogP contribution in [0.3, 0.4) is 0 Å². The van der Waals surface area contributed by atoms with Gasteiger partial charge in [-0.05, 0) is 31.4 Å². The summed E-state index contributed by atoms with van der Waals surface area (Å²) in [4.78, 5) is 0. The Labute approximate surface area is 81.5 Å². The van der Waals surface area contributed by atoms with Crippen molar-refractivity contribution in [3.8, 4) is 0 Å². The molecule has 0 atom stereocenters. The van der Waals surface area contributed by atoms with E-state index < -0.39 is 0 Å². The second-order valence-electron chi connectivity index (χ2n) is 3.50. The zero-order valence-corrected chi connectivity index (χ0v) is 8.59. The third-order valence-corrected chi connectivity index (χ3v) is 2.23. The Bertz CT molecular complexity index is 180. The van der Waals surface area contributed by atoms with Crippen LogP contribution in [0.2, 0.25) is 0 Å². The molecule has 13 heavy (non-hydrogen) atoms. The molecular weight excluding hydrogens is 160 g/mol. The van der Waals surface area contributed by atoms with E-state index in [0.717, 1.165) is 18.8 Å². The van der Waals surface area contributed by atoms with Gasteiger partial charge in [-0.3, -0.25) is 0 Å². The molecule has 0 N–H and O–H groups in total. The fourth-order valence-electron chi connectivity index (χ4n) is 1.42. The van der Waals surface area contributed by atoms with Crippen LogP contribution in [0.1, 0.15) is 45.4 Å². The van der Waals surface area contributed by atoms with Gasteiger partial charge in [-0.15, -0.1) is 0 Å². The van der Waals surface area contributed by atoms with Gasteiger partial charge in [-0.1, -0.05) is 32.3 Å². The average Bonchev–Trinajstić information content (AvgIpc) is 2.19. The molecule has 1 rings (SSSR count). The van der Waals surface area contributed by atoms with Crippen LogP contribution < -0.4 is 0 Å². The van der Waals surface area contributed by atoms with Crippen LogP contribution in [0.5, 0.6) is 0 Å². The van der Waals surface area contributed by atoms with Gasteiger partial charge in [0.05, 0.1) is 6.61 Å². The van der Waals surface area contributed by atoms with Gasteiger partial charge in [0.15, 0.2) is 0 Å². The smallest absolute Gasteiger partial charge is 0.114 e. The lowest BCUT2D eigenvalue weighted by Crippen LogP contribution is -1.95. The summed E-state index contributed by atoms with van der Waals surface area (Å²) in [5.74, 6) is 1.07. The van der Waals surface area contributed by atoms with E-state index in [1.165, 1.54) is 32.1 Å². The number of allylic oxidation sites excluding steroid dienone is 3. The maximum atomic E-state index is 5.60. The minimum absolute atomic E-state index is 0.885. The fraction of sp³-hybridized carbons (Fsp3) is 0.667. The maximum absolute atomic E-state index is 5.60. The van der Waals surface area contributed by atoms with Crippen LogP contribution in [0.25, 0.3) is 0 Å². The molecule has 0 radical (unpaired) electrons. The van der Waals surface area contributed by atoms with Crippen LogP contribution in [0.15, 0.2) is 24.0 Å². The Hall–Kier alpha value is -0.720.